The maximum absolute atomic E-state index is 4.73. The van der Waals surface area contributed by atoms with Gasteiger partial charge in [0.2, 0.25) is 5.95 Å². The average Bonchev–Trinajstić information content (AvgIpc) is 3.47. The van der Waals surface area contributed by atoms with Gasteiger partial charge in [-0.15, -0.1) is 0 Å². The fraction of sp³-hybridized carbons (Fsp3) is 0.130. The number of hydrogen-bond acceptors (Lipinski definition) is 7. The van der Waals surface area contributed by atoms with Gasteiger partial charge in [0.05, 0.1) is 11.4 Å². The van der Waals surface area contributed by atoms with Crippen molar-refractivity contribution < 1.29 is 0 Å². The second kappa shape index (κ2) is 8.38. The molecule has 32 heavy (non-hydrogen) atoms. The van der Waals surface area contributed by atoms with Crippen molar-refractivity contribution >= 4 is 11.6 Å². The van der Waals surface area contributed by atoms with E-state index in [9.17, 15) is 0 Å². The Kier molecular flexibility index (Phi) is 5.12. The molecule has 0 unspecified atom stereocenters. The van der Waals surface area contributed by atoms with Crippen molar-refractivity contribution in [1.29, 1.82) is 0 Å². The van der Waals surface area contributed by atoms with Crippen LogP contribution in [0.25, 0.3) is 28.2 Å². The molecule has 0 radical (unpaired) electrons. The topological polar surface area (TPSA) is 99.2 Å². The van der Waals surface area contributed by atoms with E-state index in [-0.39, 0.29) is 0 Å². The third-order valence-corrected chi connectivity index (χ3v) is 4.95. The quantitative estimate of drug-likeness (QED) is 0.440. The molecule has 1 aromatic carbocycles. The predicted octanol–water partition coefficient (Wildman–Crippen LogP) is 4.05. The van der Waals surface area contributed by atoms with E-state index in [0.717, 1.165) is 46.3 Å². The molecule has 0 bridgehead atoms. The standard InChI is InChI=1S/C23H21N9/c1-3-31-14-20(22(30-31)17-5-4-11-24-13-17)21-10-12-25-23(28-21)27-18-6-8-19(9-7-18)32-15-26-16(2)29-32/h4-15H,3H2,1-2H3,(H,25,27,28). The first-order valence-electron chi connectivity index (χ1n) is 10.3. The van der Waals surface area contributed by atoms with E-state index < -0.39 is 0 Å². The molecule has 4 aromatic heterocycles. The molecule has 0 aliphatic carbocycles. The lowest BCUT2D eigenvalue weighted by atomic mass is 10.1. The van der Waals surface area contributed by atoms with Gasteiger partial charge in [-0.25, -0.2) is 19.6 Å². The summed E-state index contributed by atoms with van der Waals surface area (Å²) in [6.07, 6.45) is 9.00. The summed E-state index contributed by atoms with van der Waals surface area (Å²) in [6.45, 7) is 4.68. The Morgan fingerprint density at radius 3 is 2.56 bits per heavy atom. The molecule has 0 atom stereocenters. The third-order valence-electron chi connectivity index (χ3n) is 4.95. The molecular weight excluding hydrogens is 402 g/mol. The highest BCUT2D eigenvalue weighted by Crippen LogP contribution is 2.30. The minimum absolute atomic E-state index is 0.508. The second-order valence-corrected chi connectivity index (χ2v) is 7.16. The average molecular weight is 423 g/mol. The largest absolute Gasteiger partial charge is 0.324 e. The van der Waals surface area contributed by atoms with Crippen molar-refractivity contribution in [1.82, 2.24) is 39.5 Å². The van der Waals surface area contributed by atoms with E-state index in [0.29, 0.717) is 5.95 Å². The number of nitrogens with one attached hydrogen (secondary N) is 1. The molecule has 5 aromatic rings. The van der Waals surface area contributed by atoms with Crippen LogP contribution in [0.15, 0.2) is 73.6 Å². The highest BCUT2D eigenvalue weighted by molar-refractivity contribution is 5.78. The van der Waals surface area contributed by atoms with E-state index in [1.165, 1.54) is 0 Å². The number of pyridine rings is 1. The molecule has 0 saturated carbocycles. The van der Waals surface area contributed by atoms with Crippen LogP contribution < -0.4 is 5.32 Å². The monoisotopic (exact) mass is 423 g/mol. The zero-order valence-corrected chi connectivity index (χ0v) is 17.7. The molecule has 5 rings (SSSR count). The van der Waals surface area contributed by atoms with Gasteiger partial charge in [-0.05, 0) is 56.3 Å². The van der Waals surface area contributed by atoms with Crippen LogP contribution in [0.1, 0.15) is 12.7 Å². The minimum Gasteiger partial charge on any atom is -0.324 e. The maximum Gasteiger partial charge on any atom is 0.227 e. The van der Waals surface area contributed by atoms with Gasteiger partial charge >= 0.3 is 0 Å². The second-order valence-electron chi connectivity index (χ2n) is 7.16. The molecule has 0 aliphatic heterocycles. The normalized spacial score (nSPS) is 10.9. The van der Waals surface area contributed by atoms with Crippen LogP contribution in [0.2, 0.25) is 0 Å². The van der Waals surface area contributed by atoms with Crippen molar-refractivity contribution in [3.63, 3.8) is 0 Å². The predicted molar refractivity (Wildman–Crippen MR) is 122 cm³/mol. The molecule has 9 nitrogen and oxygen atoms in total. The van der Waals surface area contributed by atoms with Crippen LogP contribution in [0.4, 0.5) is 11.6 Å². The van der Waals surface area contributed by atoms with Crippen molar-refractivity contribution in [2.75, 3.05) is 5.32 Å². The summed E-state index contributed by atoms with van der Waals surface area (Å²) in [5, 5.41) is 12.3. The summed E-state index contributed by atoms with van der Waals surface area (Å²) in [5.41, 5.74) is 5.31. The molecule has 4 heterocycles. The lowest BCUT2D eigenvalue weighted by Crippen LogP contribution is -1.99. The first-order chi connectivity index (χ1) is 15.7. The molecule has 158 valence electrons. The van der Waals surface area contributed by atoms with Gasteiger partial charge in [-0.3, -0.25) is 9.67 Å². The Morgan fingerprint density at radius 1 is 0.969 bits per heavy atom. The fourth-order valence-electron chi connectivity index (χ4n) is 3.35. The SMILES string of the molecule is CCn1cc(-c2ccnc(Nc3ccc(-n4cnc(C)n4)cc3)n2)c(-c2cccnc2)n1. The molecule has 1 N–H and O–H groups in total. The van der Waals surface area contributed by atoms with Gasteiger partial charge < -0.3 is 5.32 Å². The van der Waals surface area contributed by atoms with Crippen molar-refractivity contribution in [3.05, 3.63) is 79.4 Å². The third kappa shape index (κ3) is 3.95. The molecule has 0 amide bonds. The number of nitrogens with zero attached hydrogens (tertiary/aromatic N) is 8. The van der Waals surface area contributed by atoms with Crippen molar-refractivity contribution in [2.45, 2.75) is 20.4 Å². The van der Waals surface area contributed by atoms with Crippen LogP contribution in [0, 0.1) is 6.92 Å². The molecular formula is C23H21N9. The van der Waals surface area contributed by atoms with Crippen LogP contribution in [0.3, 0.4) is 0 Å². The van der Waals surface area contributed by atoms with E-state index in [4.69, 9.17) is 10.1 Å². The van der Waals surface area contributed by atoms with Crippen LogP contribution >= 0.6 is 0 Å². The number of aromatic nitrogens is 8. The summed E-state index contributed by atoms with van der Waals surface area (Å²) in [4.78, 5) is 17.5. The van der Waals surface area contributed by atoms with Gasteiger partial charge in [0.25, 0.3) is 0 Å². The molecule has 0 aliphatic rings. The van der Waals surface area contributed by atoms with Gasteiger partial charge in [0.15, 0.2) is 0 Å². The Balaban J connectivity index is 1.43. The summed E-state index contributed by atoms with van der Waals surface area (Å²) < 4.78 is 3.64. The molecule has 9 heteroatoms. The Hall–Kier alpha value is -4.40. The van der Waals surface area contributed by atoms with E-state index in [1.807, 2.05) is 66.5 Å². The Bertz CT molecular complexity index is 1340. The van der Waals surface area contributed by atoms with Crippen LogP contribution in [-0.2, 0) is 6.54 Å². The number of anilines is 2. The highest BCUT2D eigenvalue weighted by Gasteiger charge is 2.15. The van der Waals surface area contributed by atoms with E-state index in [1.54, 1.807) is 23.4 Å². The van der Waals surface area contributed by atoms with Gasteiger partial charge in [-0.1, -0.05) is 0 Å². The van der Waals surface area contributed by atoms with E-state index in [2.05, 4.69) is 32.3 Å². The summed E-state index contributed by atoms with van der Waals surface area (Å²) >= 11 is 0. The van der Waals surface area contributed by atoms with Crippen LogP contribution in [0.5, 0.6) is 0 Å². The summed E-state index contributed by atoms with van der Waals surface area (Å²) in [7, 11) is 0. The Labute approximate surface area is 184 Å². The van der Waals surface area contributed by atoms with E-state index >= 15 is 0 Å². The maximum atomic E-state index is 4.73. The number of benzene rings is 1. The van der Waals surface area contributed by atoms with Gasteiger partial charge in [0.1, 0.15) is 17.8 Å². The van der Waals surface area contributed by atoms with Crippen molar-refractivity contribution in [3.8, 4) is 28.2 Å². The summed E-state index contributed by atoms with van der Waals surface area (Å²) in [5.74, 6) is 1.24. The zero-order valence-electron chi connectivity index (χ0n) is 17.7. The number of hydrogen-bond donors (Lipinski definition) is 1. The Morgan fingerprint density at radius 2 is 1.84 bits per heavy atom. The zero-order chi connectivity index (χ0) is 21.9. The number of rotatable bonds is 6. The first-order valence-corrected chi connectivity index (χ1v) is 10.3. The first kappa shape index (κ1) is 19.6. The summed E-state index contributed by atoms with van der Waals surface area (Å²) in [6, 6.07) is 13.6. The molecule has 0 fully saturated rings. The number of aryl methyl sites for hydroxylation is 2. The lowest BCUT2D eigenvalue weighted by Gasteiger charge is -2.08. The molecule has 0 spiro atoms. The van der Waals surface area contributed by atoms with Crippen molar-refractivity contribution in [2.24, 2.45) is 0 Å². The smallest absolute Gasteiger partial charge is 0.227 e. The highest BCUT2D eigenvalue weighted by atomic mass is 15.3. The minimum atomic E-state index is 0.508. The lowest BCUT2D eigenvalue weighted by molar-refractivity contribution is 0.662. The van der Waals surface area contributed by atoms with Gasteiger partial charge in [0, 0.05) is 48.1 Å². The van der Waals surface area contributed by atoms with Crippen LogP contribution in [-0.4, -0.2) is 39.5 Å². The van der Waals surface area contributed by atoms with Gasteiger partial charge in [-0.2, -0.15) is 10.2 Å². The molecule has 0 saturated heterocycles. The fourth-order valence-corrected chi connectivity index (χ4v) is 3.35.